The molecular formula is C22H25N7O2S. The normalized spacial score (nSPS) is 16.1. The van der Waals surface area contributed by atoms with Crippen molar-refractivity contribution >= 4 is 40.8 Å². The predicted octanol–water partition coefficient (Wildman–Crippen LogP) is 3.59. The molecule has 0 spiro atoms. The fraction of sp³-hybridized carbons (Fsp3) is 0.364. The van der Waals surface area contributed by atoms with E-state index in [2.05, 4.69) is 25.7 Å². The quantitative estimate of drug-likeness (QED) is 0.468. The highest BCUT2D eigenvalue weighted by Gasteiger charge is 2.29. The molecule has 1 aliphatic carbocycles. The van der Waals surface area contributed by atoms with Gasteiger partial charge in [0.15, 0.2) is 5.16 Å². The molecule has 10 heteroatoms. The van der Waals surface area contributed by atoms with Crippen molar-refractivity contribution in [3.63, 3.8) is 0 Å². The Morgan fingerprint density at radius 2 is 1.94 bits per heavy atom. The first-order valence-corrected chi connectivity index (χ1v) is 11.5. The minimum Gasteiger partial charge on any atom is -0.378 e. The number of benzene rings is 1. The van der Waals surface area contributed by atoms with Crippen molar-refractivity contribution in [2.45, 2.75) is 29.8 Å². The van der Waals surface area contributed by atoms with E-state index in [0.29, 0.717) is 24.2 Å². The van der Waals surface area contributed by atoms with Crippen molar-refractivity contribution in [2.24, 2.45) is 5.92 Å². The van der Waals surface area contributed by atoms with Gasteiger partial charge in [-0.3, -0.25) is 9.89 Å². The van der Waals surface area contributed by atoms with Gasteiger partial charge >= 0.3 is 0 Å². The van der Waals surface area contributed by atoms with Gasteiger partial charge in [-0.25, -0.2) is 9.97 Å². The molecule has 32 heavy (non-hydrogen) atoms. The molecule has 9 nitrogen and oxygen atoms in total. The van der Waals surface area contributed by atoms with Gasteiger partial charge in [-0.05, 0) is 55.8 Å². The molecule has 1 aromatic carbocycles. The molecule has 3 heterocycles. The van der Waals surface area contributed by atoms with Gasteiger partial charge in [-0.1, -0.05) is 0 Å². The maximum atomic E-state index is 12.0. The first-order valence-electron chi connectivity index (χ1n) is 10.7. The summed E-state index contributed by atoms with van der Waals surface area (Å²) >= 11 is 1.48. The number of morpholine rings is 1. The van der Waals surface area contributed by atoms with E-state index in [4.69, 9.17) is 14.7 Å². The number of anilines is 4. The zero-order chi connectivity index (χ0) is 21.9. The van der Waals surface area contributed by atoms with Crippen LogP contribution in [0.3, 0.4) is 0 Å². The molecule has 5 rings (SSSR count). The van der Waals surface area contributed by atoms with Gasteiger partial charge in [0.25, 0.3) is 0 Å². The standard InChI is InChI=1S/C22H25N7O2S/c1-14-12-19(28-27-14)24-18-13-20(29-8-10-31-11-9-29)26-22(25-18)32-17-6-4-16(5-7-17)23-21(30)15-2-3-15/h4-7,12-13,15H,2-3,8-11H2,1H3,(H,23,30)(H2,24,25,26,27,28). The SMILES string of the molecule is Cc1cc(Nc2cc(N3CCOCC3)nc(Sc3ccc(NC(=O)C4CC4)cc3)n2)[nH]n1. The Morgan fingerprint density at radius 1 is 1.16 bits per heavy atom. The summed E-state index contributed by atoms with van der Waals surface area (Å²) in [5.74, 6) is 2.63. The van der Waals surface area contributed by atoms with Crippen LogP contribution in [0.2, 0.25) is 0 Å². The van der Waals surface area contributed by atoms with E-state index in [1.165, 1.54) is 11.8 Å². The van der Waals surface area contributed by atoms with Gasteiger partial charge in [0, 0.05) is 41.7 Å². The van der Waals surface area contributed by atoms with Crippen molar-refractivity contribution < 1.29 is 9.53 Å². The molecule has 0 unspecified atom stereocenters. The number of aromatic nitrogens is 4. The van der Waals surface area contributed by atoms with E-state index < -0.39 is 0 Å². The highest BCUT2D eigenvalue weighted by molar-refractivity contribution is 7.99. The van der Waals surface area contributed by atoms with Crippen LogP contribution in [-0.4, -0.2) is 52.4 Å². The van der Waals surface area contributed by atoms with Crippen LogP contribution in [0, 0.1) is 12.8 Å². The Hall–Kier alpha value is -3.11. The van der Waals surface area contributed by atoms with Gasteiger partial charge < -0.3 is 20.3 Å². The second kappa shape index (κ2) is 9.17. The molecule has 1 saturated carbocycles. The lowest BCUT2D eigenvalue weighted by Gasteiger charge is -2.28. The van der Waals surface area contributed by atoms with Gasteiger partial charge in [0.05, 0.1) is 18.9 Å². The molecule has 2 fully saturated rings. The lowest BCUT2D eigenvalue weighted by molar-refractivity contribution is -0.117. The van der Waals surface area contributed by atoms with Gasteiger partial charge in [-0.2, -0.15) is 5.10 Å². The number of aryl methyl sites for hydroxylation is 1. The molecule has 0 radical (unpaired) electrons. The Bertz CT molecular complexity index is 1090. The van der Waals surface area contributed by atoms with E-state index in [-0.39, 0.29) is 11.8 Å². The third kappa shape index (κ3) is 5.20. The molecule has 0 bridgehead atoms. The number of carbonyl (C=O) groups excluding carboxylic acids is 1. The third-order valence-corrected chi connectivity index (χ3v) is 6.15. The third-order valence-electron chi connectivity index (χ3n) is 5.27. The Labute approximate surface area is 190 Å². The van der Waals surface area contributed by atoms with Gasteiger partial charge in [0.1, 0.15) is 17.5 Å². The van der Waals surface area contributed by atoms with Crippen molar-refractivity contribution in [2.75, 3.05) is 41.8 Å². The summed E-state index contributed by atoms with van der Waals surface area (Å²) in [6.45, 7) is 4.88. The molecule has 1 saturated heterocycles. The number of carbonyl (C=O) groups is 1. The summed E-state index contributed by atoms with van der Waals surface area (Å²) in [7, 11) is 0. The fourth-order valence-electron chi connectivity index (χ4n) is 3.40. The van der Waals surface area contributed by atoms with Crippen molar-refractivity contribution in [3.05, 3.63) is 42.1 Å². The lowest BCUT2D eigenvalue weighted by atomic mass is 10.3. The summed E-state index contributed by atoms with van der Waals surface area (Å²) in [6.07, 6.45) is 1.98. The van der Waals surface area contributed by atoms with Crippen LogP contribution in [0.25, 0.3) is 0 Å². The summed E-state index contributed by atoms with van der Waals surface area (Å²) in [5.41, 5.74) is 1.71. The van der Waals surface area contributed by atoms with Crippen LogP contribution in [0.5, 0.6) is 0 Å². The lowest BCUT2D eigenvalue weighted by Crippen LogP contribution is -2.36. The molecular weight excluding hydrogens is 426 g/mol. The number of amides is 1. The summed E-state index contributed by atoms with van der Waals surface area (Å²) in [6, 6.07) is 11.7. The van der Waals surface area contributed by atoms with E-state index in [0.717, 1.165) is 53.8 Å². The van der Waals surface area contributed by atoms with Gasteiger partial charge in [0.2, 0.25) is 5.91 Å². The monoisotopic (exact) mass is 451 g/mol. The molecule has 1 aliphatic heterocycles. The van der Waals surface area contributed by atoms with E-state index in [1.807, 2.05) is 43.3 Å². The maximum Gasteiger partial charge on any atom is 0.227 e. The highest BCUT2D eigenvalue weighted by atomic mass is 32.2. The number of H-pyrrole nitrogens is 1. The van der Waals surface area contributed by atoms with Crippen LogP contribution >= 0.6 is 11.8 Å². The van der Waals surface area contributed by atoms with E-state index in [1.54, 1.807) is 0 Å². The number of hydrogen-bond acceptors (Lipinski definition) is 8. The molecule has 2 aliphatic rings. The highest BCUT2D eigenvalue weighted by Crippen LogP contribution is 2.32. The summed E-state index contributed by atoms with van der Waals surface area (Å²) < 4.78 is 5.48. The number of rotatable bonds is 7. The predicted molar refractivity (Wildman–Crippen MR) is 124 cm³/mol. The topological polar surface area (TPSA) is 108 Å². The van der Waals surface area contributed by atoms with E-state index in [9.17, 15) is 4.79 Å². The smallest absolute Gasteiger partial charge is 0.227 e. The Kier molecular flexibility index (Phi) is 5.95. The first kappa shape index (κ1) is 20.8. The second-order valence-corrected chi connectivity index (χ2v) is 8.97. The molecule has 3 N–H and O–H groups in total. The van der Waals surface area contributed by atoms with Crippen molar-refractivity contribution in [1.29, 1.82) is 0 Å². The van der Waals surface area contributed by atoms with Crippen LogP contribution in [0.1, 0.15) is 18.5 Å². The van der Waals surface area contributed by atoms with Crippen LogP contribution < -0.4 is 15.5 Å². The minimum absolute atomic E-state index is 0.108. The maximum absolute atomic E-state index is 12.0. The number of aromatic amines is 1. The summed E-state index contributed by atoms with van der Waals surface area (Å²) in [5, 5.41) is 14.0. The van der Waals surface area contributed by atoms with Crippen LogP contribution in [0.15, 0.2) is 46.5 Å². The number of nitrogens with zero attached hydrogens (tertiary/aromatic N) is 4. The fourth-order valence-corrected chi connectivity index (χ4v) is 4.17. The second-order valence-electron chi connectivity index (χ2n) is 7.93. The number of hydrogen-bond donors (Lipinski definition) is 3. The zero-order valence-electron chi connectivity index (χ0n) is 17.8. The molecule has 0 atom stereocenters. The molecule has 3 aromatic rings. The molecule has 1 amide bonds. The van der Waals surface area contributed by atoms with Crippen LogP contribution in [0.4, 0.5) is 23.1 Å². The van der Waals surface area contributed by atoms with Crippen LogP contribution in [-0.2, 0) is 9.53 Å². The summed E-state index contributed by atoms with van der Waals surface area (Å²) in [4.78, 5) is 24.6. The average Bonchev–Trinajstić information content (AvgIpc) is 3.58. The molecule has 166 valence electrons. The van der Waals surface area contributed by atoms with Gasteiger partial charge in [-0.15, -0.1) is 0 Å². The zero-order valence-corrected chi connectivity index (χ0v) is 18.6. The van der Waals surface area contributed by atoms with Crippen molar-refractivity contribution in [3.8, 4) is 0 Å². The Morgan fingerprint density at radius 3 is 2.62 bits per heavy atom. The Balaban J connectivity index is 1.35. The number of ether oxygens (including phenoxy) is 1. The molecule has 2 aromatic heterocycles. The van der Waals surface area contributed by atoms with Crippen molar-refractivity contribution in [1.82, 2.24) is 20.2 Å². The largest absolute Gasteiger partial charge is 0.378 e. The number of nitrogens with one attached hydrogen (secondary N) is 3. The minimum atomic E-state index is 0.108. The van der Waals surface area contributed by atoms with E-state index >= 15 is 0 Å². The average molecular weight is 452 g/mol. The first-order chi connectivity index (χ1) is 15.6.